The van der Waals surface area contributed by atoms with E-state index in [9.17, 15) is 4.79 Å². The van der Waals surface area contributed by atoms with Crippen LogP contribution in [-0.4, -0.2) is 37.1 Å². The number of amides is 1. The monoisotopic (exact) mass is 349 g/mol. The van der Waals surface area contributed by atoms with Crippen LogP contribution in [0.1, 0.15) is 48.5 Å². The number of hydrogen-bond donors (Lipinski definition) is 1. The maximum Gasteiger partial charge on any atom is 0.498 e. The van der Waals surface area contributed by atoms with Crippen LogP contribution >= 0.6 is 0 Å². The molecule has 1 aromatic carbocycles. The Morgan fingerprint density at radius 1 is 1.12 bits per heavy atom. The largest absolute Gasteiger partial charge is 0.498 e. The third-order valence-electron chi connectivity index (χ3n) is 4.39. The Bertz CT molecular complexity index is 635. The first-order chi connectivity index (χ1) is 11.4. The first-order valence-electron chi connectivity index (χ1n) is 8.39. The van der Waals surface area contributed by atoms with Gasteiger partial charge in [-0.1, -0.05) is 12.1 Å². The number of hydrogen-bond acceptors (Lipinski definition) is 5. The molecular formula is C18H28BNO5. The van der Waals surface area contributed by atoms with Gasteiger partial charge in [-0.2, -0.15) is 0 Å². The zero-order chi connectivity index (χ0) is 19.0. The van der Waals surface area contributed by atoms with Crippen LogP contribution < -0.4 is 15.5 Å². The van der Waals surface area contributed by atoms with E-state index >= 15 is 0 Å². The van der Waals surface area contributed by atoms with Crippen molar-refractivity contribution < 1.29 is 23.6 Å². The number of carbonyl (C=O) groups excluding carboxylic acids is 1. The topological polar surface area (TPSA) is 66.0 Å². The maximum atomic E-state index is 12.1. The Labute approximate surface area is 150 Å². The minimum absolute atomic E-state index is 0.461. The third kappa shape index (κ3) is 4.28. The van der Waals surface area contributed by atoms with Crippen LogP contribution in [0.3, 0.4) is 0 Å². The highest BCUT2D eigenvalue weighted by Gasteiger charge is 2.52. The standard InChI is InChI=1S/C18H28BNO5/c1-16(2,3)23-15(21)20-13-11-9-10-12(14(13)22-8)19-24-17(4,5)18(6,7)25-19/h9-11H,1-8H3,(H,20,21). The van der Waals surface area contributed by atoms with E-state index in [2.05, 4.69) is 5.32 Å². The van der Waals surface area contributed by atoms with Gasteiger partial charge in [0.2, 0.25) is 0 Å². The van der Waals surface area contributed by atoms with Gasteiger partial charge in [-0.15, -0.1) is 0 Å². The second kappa shape index (κ2) is 6.54. The van der Waals surface area contributed by atoms with Crippen molar-refractivity contribution in [2.75, 3.05) is 12.4 Å². The Kier molecular flexibility index (Phi) is 5.12. The summed E-state index contributed by atoms with van der Waals surface area (Å²) in [5.74, 6) is 0.492. The highest BCUT2D eigenvalue weighted by atomic mass is 16.7. The van der Waals surface area contributed by atoms with Gasteiger partial charge in [-0.05, 0) is 54.5 Å². The van der Waals surface area contributed by atoms with Crippen LogP contribution in [-0.2, 0) is 14.0 Å². The molecule has 1 fully saturated rings. The normalized spacial score (nSPS) is 18.8. The van der Waals surface area contributed by atoms with Crippen molar-refractivity contribution in [2.45, 2.75) is 65.3 Å². The molecule has 0 unspecified atom stereocenters. The minimum Gasteiger partial charge on any atom is -0.495 e. The molecule has 1 heterocycles. The molecule has 0 bridgehead atoms. The molecule has 138 valence electrons. The second-order valence-corrected chi connectivity index (χ2v) is 8.14. The SMILES string of the molecule is COc1c(NC(=O)OC(C)(C)C)cccc1B1OC(C)(C)C(C)(C)O1. The lowest BCUT2D eigenvalue weighted by Gasteiger charge is -2.32. The van der Waals surface area contributed by atoms with E-state index < -0.39 is 30.0 Å². The Hall–Kier alpha value is -1.73. The molecule has 6 nitrogen and oxygen atoms in total. The van der Waals surface area contributed by atoms with Gasteiger partial charge in [0, 0.05) is 5.46 Å². The average molecular weight is 349 g/mol. The van der Waals surface area contributed by atoms with Gasteiger partial charge in [-0.25, -0.2) is 4.79 Å². The van der Waals surface area contributed by atoms with E-state index in [1.54, 1.807) is 13.2 Å². The summed E-state index contributed by atoms with van der Waals surface area (Å²) in [5.41, 5.74) is -0.284. The fraction of sp³-hybridized carbons (Fsp3) is 0.611. The molecule has 0 radical (unpaired) electrons. The maximum absolute atomic E-state index is 12.1. The fourth-order valence-electron chi connectivity index (χ4n) is 2.45. The molecule has 0 spiro atoms. The van der Waals surface area contributed by atoms with Crippen LogP contribution in [0.15, 0.2) is 18.2 Å². The average Bonchev–Trinajstić information content (AvgIpc) is 2.65. The summed E-state index contributed by atoms with van der Waals surface area (Å²) < 4.78 is 23.0. The van der Waals surface area contributed by atoms with Crippen molar-refractivity contribution in [2.24, 2.45) is 0 Å². The van der Waals surface area contributed by atoms with Gasteiger partial charge >= 0.3 is 13.2 Å². The Balaban J connectivity index is 2.29. The van der Waals surface area contributed by atoms with Crippen LogP contribution in [0, 0.1) is 0 Å². The van der Waals surface area contributed by atoms with Gasteiger partial charge in [0.1, 0.15) is 11.4 Å². The van der Waals surface area contributed by atoms with Crippen LogP contribution in [0.2, 0.25) is 0 Å². The molecule has 1 aliphatic rings. The fourth-order valence-corrected chi connectivity index (χ4v) is 2.45. The van der Waals surface area contributed by atoms with E-state index in [4.69, 9.17) is 18.8 Å². The summed E-state index contributed by atoms with van der Waals surface area (Å²) >= 11 is 0. The number of nitrogens with one attached hydrogen (secondary N) is 1. The predicted molar refractivity (Wildman–Crippen MR) is 98.6 cm³/mol. The summed E-state index contributed by atoms with van der Waals surface area (Å²) in [6.45, 7) is 13.4. The number of rotatable bonds is 3. The first-order valence-corrected chi connectivity index (χ1v) is 8.39. The first kappa shape index (κ1) is 19.6. The van der Waals surface area contributed by atoms with Crippen molar-refractivity contribution >= 4 is 24.4 Å². The highest BCUT2D eigenvalue weighted by molar-refractivity contribution is 6.63. The van der Waals surface area contributed by atoms with Crippen molar-refractivity contribution in [1.29, 1.82) is 0 Å². The van der Waals surface area contributed by atoms with Gasteiger partial charge in [0.25, 0.3) is 0 Å². The summed E-state index contributed by atoms with van der Waals surface area (Å²) in [6, 6.07) is 5.42. The molecule has 2 rings (SSSR count). The molecule has 1 aliphatic heterocycles. The second-order valence-electron chi connectivity index (χ2n) is 8.14. The Morgan fingerprint density at radius 2 is 1.68 bits per heavy atom. The number of anilines is 1. The Morgan fingerprint density at radius 3 is 2.16 bits per heavy atom. The van der Waals surface area contributed by atoms with E-state index in [-0.39, 0.29) is 0 Å². The van der Waals surface area contributed by atoms with Crippen LogP contribution in [0.25, 0.3) is 0 Å². The molecule has 7 heteroatoms. The molecule has 0 aromatic heterocycles. The van der Waals surface area contributed by atoms with E-state index in [1.165, 1.54) is 0 Å². The van der Waals surface area contributed by atoms with Gasteiger partial charge in [0.15, 0.2) is 0 Å². The lowest BCUT2D eigenvalue weighted by molar-refractivity contribution is 0.00578. The smallest absolute Gasteiger partial charge is 0.495 e. The molecule has 25 heavy (non-hydrogen) atoms. The molecule has 1 N–H and O–H groups in total. The lowest BCUT2D eigenvalue weighted by atomic mass is 9.78. The molecule has 0 aliphatic carbocycles. The molecule has 0 saturated carbocycles. The van der Waals surface area contributed by atoms with E-state index in [0.717, 1.165) is 5.46 Å². The highest BCUT2D eigenvalue weighted by Crippen LogP contribution is 2.38. The molecule has 1 saturated heterocycles. The van der Waals surface area contributed by atoms with Crippen LogP contribution in [0.5, 0.6) is 5.75 Å². The summed E-state index contributed by atoms with van der Waals surface area (Å²) in [7, 11) is 0.963. The molecular weight excluding hydrogens is 321 g/mol. The van der Waals surface area contributed by atoms with Crippen molar-refractivity contribution in [1.82, 2.24) is 0 Å². The quantitative estimate of drug-likeness (QED) is 0.848. The molecule has 1 amide bonds. The summed E-state index contributed by atoms with van der Waals surface area (Å²) in [6.07, 6.45) is -0.545. The zero-order valence-corrected chi connectivity index (χ0v) is 16.4. The number of carbonyl (C=O) groups is 1. The number of ether oxygens (including phenoxy) is 2. The summed E-state index contributed by atoms with van der Waals surface area (Å²) in [4.78, 5) is 12.1. The lowest BCUT2D eigenvalue weighted by Crippen LogP contribution is -2.41. The van der Waals surface area contributed by atoms with Crippen LogP contribution in [0.4, 0.5) is 10.5 Å². The third-order valence-corrected chi connectivity index (χ3v) is 4.39. The van der Waals surface area contributed by atoms with Gasteiger partial charge < -0.3 is 18.8 Å². The van der Waals surface area contributed by atoms with Crippen molar-refractivity contribution in [3.05, 3.63) is 18.2 Å². The minimum atomic E-state index is -0.583. The molecule has 1 aromatic rings. The predicted octanol–water partition coefficient (Wildman–Crippen LogP) is 3.34. The van der Waals surface area contributed by atoms with Crippen molar-refractivity contribution in [3.8, 4) is 5.75 Å². The van der Waals surface area contributed by atoms with E-state index in [1.807, 2.05) is 60.6 Å². The summed E-state index contributed by atoms with van der Waals surface area (Å²) in [5, 5.41) is 2.73. The zero-order valence-electron chi connectivity index (χ0n) is 16.4. The van der Waals surface area contributed by atoms with Gasteiger partial charge in [-0.3, -0.25) is 5.32 Å². The number of benzene rings is 1. The molecule has 0 atom stereocenters. The number of para-hydroxylation sites is 1. The van der Waals surface area contributed by atoms with Gasteiger partial charge in [0.05, 0.1) is 24.0 Å². The number of methoxy groups -OCH3 is 1. The van der Waals surface area contributed by atoms with Crippen molar-refractivity contribution in [3.63, 3.8) is 0 Å². The van der Waals surface area contributed by atoms with E-state index in [0.29, 0.717) is 11.4 Å².